The van der Waals surface area contributed by atoms with Gasteiger partial charge in [0.15, 0.2) is 0 Å². The van der Waals surface area contributed by atoms with Crippen molar-refractivity contribution in [1.82, 2.24) is 14.5 Å². The Morgan fingerprint density at radius 1 is 1.19 bits per heavy atom. The lowest BCUT2D eigenvalue weighted by Gasteiger charge is -2.05. The van der Waals surface area contributed by atoms with E-state index in [0.29, 0.717) is 15.7 Å². The van der Waals surface area contributed by atoms with Crippen LogP contribution in [0.1, 0.15) is 0 Å². The molecular weight excluding hydrogens is 251 g/mol. The van der Waals surface area contributed by atoms with Gasteiger partial charge < -0.3 is 5.73 Å². The minimum absolute atomic E-state index is 0.0747. The SMILES string of the molecule is Nc1ncn(-c2cc(Cl)cc(Cl)c2)c(=O)n1. The summed E-state index contributed by atoms with van der Waals surface area (Å²) in [6.45, 7) is 0. The number of nitrogens with two attached hydrogens (primary N) is 1. The van der Waals surface area contributed by atoms with E-state index >= 15 is 0 Å². The predicted molar refractivity (Wildman–Crippen MR) is 62.1 cm³/mol. The minimum Gasteiger partial charge on any atom is -0.368 e. The molecule has 5 nitrogen and oxygen atoms in total. The van der Waals surface area contributed by atoms with Crippen LogP contribution in [0.3, 0.4) is 0 Å². The molecule has 7 heteroatoms. The third-order valence-electron chi connectivity index (χ3n) is 1.85. The van der Waals surface area contributed by atoms with Gasteiger partial charge in [-0.3, -0.25) is 4.57 Å². The van der Waals surface area contributed by atoms with E-state index in [4.69, 9.17) is 28.9 Å². The van der Waals surface area contributed by atoms with Crippen molar-refractivity contribution in [2.24, 2.45) is 0 Å². The largest absolute Gasteiger partial charge is 0.368 e. The third-order valence-corrected chi connectivity index (χ3v) is 2.28. The molecule has 2 rings (SSSR count). The van der Waals surface area contributed by atoms with Crippen molar-refractivity contribution in [1.29, 1.82) is 0 Å². The summed E-state index contributed by atoms with van der Waals surface area (Å²) in [7, 11) is 0. The van der Waals surface area contributed by atoms with Crippen LogP contribution in [0.15, 0.2) is 29.3 Å². The van der Waals surface area contributed by atoms with Gasteiger partial charge in [-0.05, 0) is 18.2 Å². The van der Waals surface area contributed by atoms with Crippen molar-refractivity contribution in [2.75, 3.05) is 5.73 Å². The van der Waals surface area contributed by atoms with Gasteiger partial charge in [0.05, 0.1) is 5.69 Å². The number of halogens is 2. The molecule has 2 aromatic rings. The molecule has 0 fully saturated rings. The maximum Gasteiger partial charge on any atom is 0.356 e. The Hall–Kier alpha value is -1.59. The molecule has 1 aromatic heterocycles. The summed E-state index contributed by atoms with van der Waals surface area (Å²) >= 11 is 11.6. The van der Waals surface area contributed by atoms with E-state index in [0.717, 1.165) is 0 Å². The van der Waals surface area contributed by atoms with Crippen LogP contribution in [0.5, 0.6) is 0 Å². The van der Waals surface area contributed by atoms with Gasteiger partial charge in [-0.1, -0.05) is 23.2 Å². The van der Waals surface area contributed by atoms with E-state index in [-0.39, 0.29) is 5.95 Å². The number of rotatable bonds is 1. The van der Waals surface area contributed by atoms with Crippen LogP contribution in [0.25, 0.3) is 5.69 Å². The minimum atomic E-state index is -0.536. The zero-order valence-corrected chi connectivity index (χ0v) is 9.40. The normalized spacial score (nSPS) is 10.4. The summed E-state index contributed by atoms with van der Waals surface area (Å²) in [6.07, 6.45) is 1.27. The van der Waals surface area contributed by atoms with E-state index < -0.39 is 5.69 Å². The van der Waals surface area contributed by atoms with Gasteiger partial charge in [0.2, 0.25) is 5.95 Å². The fourth-order valence-corrected chi connectivity index (χ4v) is 1.72. The van der Waals surface area contributed by atoms with Crippen LogP contribution in [0.2, 0.25) is 10.0 Å². The van der Waals surface area contributed by atoms with Crippen LogP contribution in [-0.2, 0) is 0 Å². The maximum absolute atomic E-state index is 11.5. The highest BCUT2D eigenvalue weighted by atomic mass is 35.5. The van der Waals surface area contributed by atoms with Gasteiger partial charge in [0.1, 0.15) is 6.33 Å². The molecule has 1 aromatic carbocycles. The van der Waals surface area contributed by atoms with Crippen molar-refractivity contribution < 1.29 is 0 Å². The second-order valence-electron chi connectivity index (χ2n) is 2.99. The first-order valence-electron chi connectivity index (χ1n) is 4.24. The number of benzene rings is 1. The molecule has 0 spiro atoms. The van der Waals surface area contributed by atoms with E-state index in [1.54, 1.807) is 18.2 Å². The molecule has 0 saturated carbocycles. The summed E-state index contributed by atoms with van der Waals surface area (Å²) in [5.41, 5.74) is 5.23. The summed E-state index contributed by atoms with van der Waals surface area (Å²) in [5, 5.41) is 0.845. The van der Waals surface area contributed by atoms with E-state index in [1.807, 2.05) is 0 Å². The Bertz CT molecular complexity index is 576. The molecule has 0 radical (unpaired) electrons. The molecule has 0 aliphatic rings. The third kappa shape index (κ3) is 2.15. The maximum atomic E-state index is 11.5. The first-order valence-corrected chi connectivity index (χ1v) is 4.99. The Kier molecular flexibility index (Phi) is 2.80. The molecule has 0 amide bonds. The summed E-state index contributed by atoms with van der Waals surface area (Å²) in [5.74, 6) is -0.0747. The molecule has 0 unspecified atom stereocenters. The van der Waals surface area contributed by atoms with Crippen LogP contribution in [0, 0.1) is 0 Å². The highest BCUT2D eigenvalue weighted by Crippen LogP contribution is 2.20. The monoisotopic (exact) mass is 256 g/mol. The highest BCUT2D eigenvalue weighted by Gasteiger charge is 2.04. The zero-order valence-electron chi connectivity index (χ0n) is 7.89. The van der Waals surface area contributed by atoms with Crippen molar-refractivity contribution in [3.8, 4) is 5.69 Å². The quantitative estimate of drug-likeness (QED) is 0.840. The summed E-state index contributed by atoms with van der Waals surface area (Å²) < 4.78 is 1.20. The van der Waals surface area contributed by atoms with Crippen LogP contribution >= 0.6 is 23.2 Å². The number of hydrogen-bond acceptors (Lipinski definition) is 4. The Labute approximate surface area is 100 Å². The molecule has 16 heavy (non-hydrogen) atoms. The Balaban J connectivity index is 2.63. The van der Waals surface area contributed by atoms with Gasteiger partial charge in [-0.15, -0.1) is 0 Å². The highest BCUT2D eigenvalue weighted by molar-refractivity contribution is 6.34. The molecular formula is C9H6Cl2N4O. The standard InChI is InChI=1S/C9H6Cl2N4O/c10-5-1-6(11)3-7(2-5)15-4-13-8(12)14-9(15)16/h1-4H,(H2,12,14,16). The molecule has 0 bridgehead atoms. The number of anilines is 1. The van der Waals surface area contributed by atoms with Gasteiger partial charge in [0, 0.05) is 10.0 Å². The lowest BCUT2D eigenvalue weighted by Crippen LogP contribution is -2.23. The van der Waals surface area contributed by atoms with Gasteiger partial charge in [-0.2, -0.15) is 4.98 Å². The first-order chi connectivity index (χ1) is 7.56. The molecule has 0 aliphatic heterocycles. The summed E-state index contributed by atoms with van der Waals surface area (Å²) in [6, 6.07) is 4.72. The Morgan fingerprint density at radius 3 is 2.38 bits per heavy atom. The molecule has 0 atom stereocenters. The second kappa shape index (κ2) is 4.11. The molecule has 0 aliphatic carbocycles. The fraction of sp³-hybridized carbons (Fsp3) is 0. The zero-order chi connectivity index (χ0) is 11.7. The number of aromatic nitrogens is 3. The lowest BCUT2D eigenvalue weighted by atomic mass is 10.3. The Morgan fingerprint density at radius 2 is 1.81 bits per heavy atom. The molecule has 82 valence electrons. The van der Waals surface area contributed by atoms with E-state index in [2.05, 4.69) is 9.97 Å². The van der Waals surface area contributed by atoms with Crippen LogP contribution in [0.4, 0.5) is 5.95 Å². The van der Waals surface area contributed by atoms with Gasteiger partial charge >= 0.3 is 5.69 Å². The van der Waals surface area contributed by atoms with Crippen LogP contribution < -0.4 is 11.4 Å². The van der Waals surface area contributed by atoms with Crippen LogP contribution in [-0.4, -0.2) is 14.5 Å². The second-order valence-corrected chi connectivity index (χ2v) is 3.87. The van der Waals surface area contributed by atoms with Crippen molar-refractivity contribution in [3.63, 3.8) is 0 Å². The molecule has 2 N–H and O–H groups in total. The lowest BCUT2D eigenvalue weighted by molar-refractivity contribution is 0.868. The average Bonchev–Trinajstić information content (AvgIpc) is 2.15. The first kappa shape index (κ1) is 10.9. The van der Waals surface area contributed by atoms with Crippen molar-refractivity contribution >= 4 is 29.2 Å². The van der Waals surface area contributed by atoms with Crippen molar-refractivity contribution in [3.05, 3.63) is 45.1 Å². The average molecular weight is 257 g/mol. The predicted octanol–water partition coefficient (Wildman–Crippen LogP) is 1.52. The fourth-order valence-electron chi connectivity index (χ4n) is 1.20. The number of nitrogens with zero attached hydrogens (tertiary/aromatic N) is 3. The van der Waals surface area contributed by atoms with E-state index in [1.165, 1.54) is 10.9 Å². The smallest absolute Gasteiger partial charge is 0.356 e. The topological polar surface area (TPSA) is 73.8 Å². The number of hydrogen-bond donors (Lipinski definition) is 1. The van der Waals surface area contributed by atoms with Crippen molar-refractivity contribution in [2.45, 2.75) is 0 Å². The summed E-state index contributed by atoms with van der Waals surface area (Å²) in [4.78, 5) is 18.7. The van der Waals surface area contributed by atoms with E-state index in [9.17, 15) is 4.79 Å². The van der Waals surface area contributed by atoms with Gasteiger partial charge in [0.25, 0.3) is 0 Å². The molecule has 0 saturated heterocycles. The number of nitrogen functional groups attached to an aromatic ring is 1. The molecule has 1 heterocycles. The van der Waals surface area contributed by atoms with Gasteiger partial charge in [-0.25, -0.2) is 9.78 Å².